The molecule has 0 aliphatic heterocycles. The first-order valence-corrected chi connectivity index (χ1v) is 7.16. The summed E-state index contributed by atoms with van der Waals surface area (Å²) < 4.78 is 5.27. The number of aromatic carboxylic acids is 1. The predicted octanol–water partition coefficient (Wildman–Crippen LogP) is 4.29. The molecular weight excluding hydrogens is 298 g/mol. The van der Waals surface area contributed by atoms with Crippen LogP contribution in [0.4, 0.5) is 5.69 Å². The van der Waals surface area contributed by atoms with Crippen molar-refractivity contribution < 1.29 is 14.6 Å². The number of carboxylic acid groups (broad SMARTS) is 1. The second kappa shape index (κ2) is 7.45. The van der Waals surface area contributed by atoms with Crippen LogP contribution in [0, 0.1) is 0 Å². The van der Waals surface area contributed by atoms with Gasteiger partial charge in [0.05, 0.1) is 17.2 Å². The monoisotopic (exact) mass is 315 g/mol. The highest BCUT2D eigenvalue weighted by Gasteiger charge is 2.17. The van der Waals surface area contributed by atoms with E-state index in [9.17, 15) is 9.90 Å². The maximum absolute atomic E-state index is 11.2. The fourth-order valence-corrected chi connectivity index (χ4v) is 2.25. The molecule has 1 aromatic carbocycles. The molecule has 6 heteroatoms. The van der Waals surface area contributed by atoms with Gasteiger partial charge in [-0.1, -0.05) is 32.4 Å². The van der Waals surface area contributed by atoms with Crippen LogP contribution in [-0.2, 0) is 4.74 Å². The quantitative estimate of drug-likeness (QED) is 0.794. The Morgan fingerprint density at radius 2 is 2.15 bits per heavy atom. The zero-order valence-corrected chi connectivity index (χ0v) is 13.3. The summed E-state index contributed by atoms with van der Waals surface area (Å²) >= 11 is 11.2. The highest BCUT2D eigenvalue weighted by Crippen LogP contribution is 2.31. The fraction of sp³-hybridized carbons (Fsp3) is 0.429. The summed E-state index contributed by atoms with van der Waals surface area (Å²) in [4.78, 5) is 11.2. The first-order valence-electron chi connectivity index (χ1n) is 6.37. The first-order chi connectivity index (χ1) is 9.36. The van der Waals surface area contributed by atoms with Crippen LogP contribution >= 0.6 is 23.8 Å². The molecule has 0 aliphatic carbocycles. The van der Waals surface area contributed by atoms with Crippen molar-refractivity contribution >= 4 is 40.7 Å². The molecule has 0 spiro atoms. The largest absolute Gasteiger partial charge is 0.478 e. The lowest BCUT2D eigenvalue weighted by Crippen LogP contribution is -2.15. The number of thiocarbonyl (C=S) groups is 1. The van der Waals surface area contributed by atoms with Gasteiger partial charge in [0.15, 0.2) is 0 Å². The number of halogens is 1. The van der Waals surface area contributed by atoms with Crippen LogP contribution in [0.15, 0.2) is 12.1 Å². The van der Waals surface area contributed by atoms with E-state index < -0.39 is 5.97 Å². The van der Waals surface area contributed by atoms with Crippen molar-refractivity contribution in [2.75, 3.05) is 11.9 Å². The molecule has 0 aromatic heterocycles. The Labute approximate surface area is 129 Å². The van der Waals surface area contributed by atoms with E-state index in [1.807, 2.05) is 20.8 Å². The lowest BCUT2D eigenvalue weighted by molar-refractivity contribution is 0.0697. The standard InChI is InChI=1S/C14H18ClNO3S/c1-4-5-19-14(20)16-9-6-10(8(2)3)12(15)11(7-9)13(17)18/h6-8H,4-5H2,1-3H3,(H,16,20)(H,17,18). The molecule has 0 saturated carbocycles. The van der Waals surface area contributed by atoms with Gasteiger partial charge < -0.3 is 15.2 Å². The van der Waals surface area contributed by atoms with E-state index in [0.29, 0.717) is 12.3 Å². The molecule has 0 atom stereocenters. The van der Waals surface area contributed by atoms with Gasteiger partial charge in [-0.3, -0.25) is 0 Å². The second-order valence-electron chi connectivity index (χ2n) is 4.65. The molecule has 0 amide bonds. The van der Waals surface area contributed by atoms with Gasteiger partial charge in [-0.2, -0.15) is 0 Å². The van der Waals surface area contributed by atoms with Crippen molar-refractivity contribution in [3.63, 3.8) is 0 Å². The number of anilines is 1. The minimum absolute atomic E-state index is 0.0543. The Kier molecular flexibility index (Phi) is 6.23. The van der Waals surface area contributed by atoms with Crippen LogP contribution < -0.4 is 5.32 Å². The minimum Gasteiger partial charge on any atom is -0.478 e. The number of hydrogen-bond donors (Lipinski definition) is 2. The van der Waals surface area contributed by atoms with Crippen molar-refractivity contribution in [1.82, 2.24) is 0 Å². The van der Waals surface area contributed by atoms with E-state index in [1.165, 1.54) is 6.07 Å². The molecule has 110 valence electrons. The molecular formula is C14H18ClNO3S. The van der Waals surface area contributed by atoms with Crippen molar-refractivity contribution in [3.8, 4) is 0 Å². The summed E-state index contributed by atoms with van der Waals surface area (Å²) in [5.74, 6) is -0.964. The molecule has 0 aliphatic rings. The summed E-state index contributed by atoms with van der Waals surface area (Å²) in [5, 5.41) is 12.6. The number of nitrogens with one attached hydrogen (secondary N) is 1. The Bertz CT molecular complexity index is 517. The maximum Gasteiger partial charge on any atom is 0.337 e. The molecule has 4 nitrogen and oxygen atoms in total. The third-order valence-corrected chi connectivity index (χ3v) is 3.28. The number of carbonyl (C=O) groups is 1. The SMILES string of the molecule is CCCOC(=S)Nc1cc(C(=O)O)c(Cl)c(C(C)C)c1. The van der Waals surface area contributed by atoms with Crippen molar-refractivity contribution in [2.24, 2.45) is 0 Å². The highest BCUT2D eigenvalue weighted by molar-refractivity contribution is 7.80. The van der Waals surface area contributed by atoms with Crippen LogP contribution in [0.1, 0.15) is 49.0 Å². The van der Waals surface area contributed by atoms with Gasteiger partial charge in [0, 0.05) is 5.69 Å². The number of benzene rings is 1. The summed E-state index contributed by atoms with van der Waals surface area (Å²) in [5.41, 5.74) is 1.38. The molecule has 20 heavy (non-hydrogen) atoms. The first kappa shape index (κ1) is 16.7. The Hall–Kier alpha value is -1.33. The lowest BCUT2D eigenvalue weighted by atomic mass is 9.99. The molecule has 0 radical (unpaired) electrons. The van der Waals surface area contributed by atoms with E-state index in [4.69, 9.17) is 28.6 Å². The Morgan fingerprint density at radius 1 is 1.50 bits per heavy atom. The highest BCUT2D eigenvalue weighted by atomic mass is 35.5. The van der Waals surface area contributed by atoms with Gasteiger partial charge in [-0.25, -0.2) is 4.79 Å². The zero-order valence-electron chi connectivity index (χ0n) is 11.7. The number of ether oxygens (including phenoxy) is 1. The summed E-state index contributed by atoms with van der Waals surface area (Å²) in [6, 6.07) is 3.25. The summed E-state index contributed by atoms with van der Waals surface area (Å²) in [6.45, 7) is 6.39. The maximum atomic E-state index is 11.2. The van der Waals surface area contributed by atoms with Crippen LogP contribution in [0.25, 0.3) is 0 Å². The average molecular weight is 316 g/mol. The van der Waals surface area contributed by atoms with Crippen molar-refractivity contribution in [3.05, 3.63) is 28.3 Å². The van der Waals surface area contributed by atoms with Gasteiger partial charge in [-0.15, -0.1) is 0 Å². The molecule has 2 N–H and O–H groups in total. The van der Waals surface area contributed by atoms with Gasteiger partial charge in [-0.05, 0) is 42.3 Å². The second-order valence-corrected chi connectivity index (χ2v) is 5.40. The molecule has 0 fully saturated rings. The summed E-state index contributed by atoms with van der Waals surface area (Å²) in [6.07, 6.45) is 0.847. The van der Waals surface area contributed by atoms with E-state index in [0.717, 1.165) is 12.0 Å². The van der Waals surface area contributed by atoms with E-state index >= 15 is 0 Å². The molecule has 1 rings (SSSR count). The van der Waals surface area contributed by atoms with Crippen LogP contribution in [0.5, 0.6) is 0 Å². The van der Waals surface area contributed by atoms with Gasteiger partial charge >= 0.3 is 5.97 Å². The molecule has 0 heterocycles. The van der Waals surface area contributed by atoms with Crippen LogP contribution in [0.2, 0.25) is 5.02 Å². The zero-order chi connectivity index (χ0) is 15.3. The topological polar surface area (TPSA) is 58.6 Å². The smallest absolute Gasteiger partial charge is 0.337 e. The molecule has 0 saturated heterocycles. The van der Waals surface area contributed by atoms with Crippen LogP contribution in [-0.4, -0.2) is 22.9 Å². The minimum atomic E-state index is -1.07. The number of hydrogen-bond acceptors (Lipinski definition) is 3. The predicted molar refractivity (Wildman–Crippen MR) is 85.0 cm³/mol. The lowest BCUT2D eigenvalue weighted by Gasteiger charge is -2.15. The third kappa shape index (κ3) is 4.35. The van der Waals surface area contributed by atoms with Gasteiger partial charge in [0.25, 0.3) is 5.17 Å². The normalized spacial score (nSPS) is 10.4. The van der Waals surface area contributed by atoms with E-state index in [1.54, 1.807) is 6.07 Å². The van der Waals surface area contributed by atoms with E-state index in [-0.39, 0.29) is 21.7 Å². The Balaban J connectivity index is 3.08. The van der Waals surface area contributed by atoms with Crippen molar-refractivity contribution in [2.45, 2.75) is 33.1 Å². The van der Waals surface area contributed by atoms with Gasteiger partial charge in [0.1, 0.15) is 0 Å². The number of rotatable bonds is 5. The molecule has 0 bridgehead atoms. The third-order valence-electron chi connectivity index (χ3n) is 2.64. The Morgan fingerprint density at radius 3 is 2.65 bits per heavy atom. The average Bonchev–Trinajstić information content (AvgIpc) is 2.37. The van der Waals surface area contributed by atoms with E-state index in [2.05, 4.69) is 5.32 Å². The molecule has 0 unspecified atom stereocenters. The fourth-order valence-electron chi connectivity index (χ4n) is 1.64. The summed E-state index contributed by atoms with van der Waals surface area (Å²) in [7, 11) is 0. The molecule has 1 aromatic rings. The van der Waals surface area contributed by atoms with Gasteiger partial charge in [0.2, 0.25) is 0 Å². The number of carboxylic acids is 1. The van der Waals surface area contributed by atoms with Crippen molar-refractivity contribution in [1.29, 1.82) is 0 Å². The van der Waals surface area contributed by atoms with Crippen LogP contribution in [0.3, 0.4) is 0 Å².